The molecule has 0 aromatic carbocycles. The number of hydrogen-bond donors (Lipinski definition) is 5. The Labute approximate surface area is 93.8 Å². The highest BCUT2D eigenvalue weighted by molar-refractivity contribution is 6.01. The van der Waals surface area contributed by atoms with Crippen LogP contribution in [0.5, 0.6) is 0 Å². The molecule has 0 rings (SSSR count). The predicted octanol–water partition coefficient (Wildman–Crippen LogP) is -1.94. The van der Waals surface area contributed by atoms with Gasteiger partial charge in [-0.25, -0.2) is 0 Å². The van der Waals surface area contributed by atoms with Crippen LogP contribution in [0.1, 0.15) is 6.92 Å². The second-order valence-electron chi connectivity index (χ2n) is 3.18. The minimum Gasteiger partial charge on any atom is -0.389 e. The zero-order valence-electron chi connectivity index (χ0n) is 9.33. The molecular formula is C9H17N5O2. The summed E-state index contributed by atoms with van der Waals surface area (Å²) in [7, 11) is 1.55. The van der Waals surface area contributed by atoms with E-state index in [1.807, 2.05) is 0 Å². The van der Waals surface area contributed by atoms with E-state index >= 15 is 0 Å². The average Bonchev–Trinajstić information content (AvgIpc) is 2.23. The summed E-state index contributed by atoms with van der Waals surface area (Å²) in [6, 6.07) is 0. The summed E-state index contributed by atoms with van der Waals surface area (Å²) in [6.07, 6.45) is 2.29. The van der Waals surface area contributed by atoms with Crippen LogP contribution >= 0.6 is 0 Å². The molecule has 90 valence electrons. The highest BCUT2D eigenvalue weighted by atomic mass is 16.2. The fourth-order valence-electron chi connectivity index (χ4n) is 1.13. The Bertz CT molecular complexity index is 326. The Morgan fingerprint density at radius 3 is 2.38 bits per heavy atom. The Kier molecular flexibility index (Phi) is 5.34. The number of rotatable bonds is 5. The first kappa shape index (κ1) is 14.3. The maximum Gasteiger partial charge on any atom is 0.254 e. The fourth-order valence-corrected chi connectivity index (χ4v) is 1.13. The fraction of sp³-hybridized carbons (Fsp3) is 0.444. The van der Waals surface area contributed by atoms with E-state index in [0.717, 1.165) is 6.21 Å². The van der Waals surface area contributed by atoms with Gasteiger partial charge in [0, 0.05) is 32.4 Å². The van der Waals surface area contributed by atoms with Crippen LogP contribution in [0.3, 0.4) is 0 Å². The lowest BCUT2D eigenvalue weighted by Crippen LogP contribution is -2.62. The monoisotopic (exact) mass is 227 g/mol. The normalized spacial score (nSPS) is 14.9. The molecule has 0 aliphatic rings. The third-order valence-electron chi connectivity index (χ3n) is 2.02. The van der Waals surface area contributed by atoms with Gasteiger partial charge in [0.05, 0.1) is 0 Å². The maximum absolute atomic E-state index is 11.7. The molecule has 7 nitrogen and oxygen atoms in total. The number of amides is 2. The van der Waals surface area contributed by atoms with Crippen molar-refractivity contribution < 1.29 is 9.59 Å². The van der Waals surface area contributed by atoms with Crippen molar-refractivity contribution in [2.45, 2.75) is 12.5 Å². The second-order valence-corrected chi connectivity index (χ2v) is 3.18. The van der Waals surface area contributed by atoms with Crippen LogP contribution in [0, 0.1) is 5.41 Å². The molecule has 1 atom stereocenters. The highest BCUT2D eigenvalue weighted by Gasteiger charge is 2.36. The highest BCUT2D eigenvalue weighted by Crippen LogP contribution is 2.09. The van der Waals surface area contributed by atoms with Gasteiger partial charge in [-0.3, -0.25) is 14.9 Å². The number of nitrogens with two attached hydrogens (primary N) is 2. The van der Waals surface area contributed by atoms with Gasteiger partial charge < -0.3 is 22.2 Å². The first-order chi connectivity index (χ1) is 7.42. The molecule has 0 fully saturated rings. The second kappa shape index (κ2) is 5.99. The van der Waals surface area contributed by atoms with Crippen LogP contribution in [-0.4, -0.2) is 37.2 Å². The van der Waals surface area contributed by atoms with Gasteiger partial charge in [-0.15, -0.1) is 0 Å². The molecular weight excluding hydrogens is 210 g/mol. The molecule has 16 heavy (non-hydrogen) atoms. The molecule has 0 aliphatic carbocycles. The Morgan fingerprint density at radius 1 is 1.50 bits per heavy atom. The summed E-state index contributed by atoms with van der Waals surface area (Å²) in [5, 5.41) is 11.7. The molecule has 0 heterocycles. The Hall–Kier alpha value is -1.73. The Morgan fingerprint density at radius 2 is 2.06 bits per heavy atom. The molecule has 1 unspecified atom stereocenters. The molecule has 0 saturated heterocycles. The van der Waals surface area contributed by atoms with Crippen LogP contribution in [0.25, 0.3) is 0 Å². The van der Waals surface area contributed by atoms with E-state index in [4.69, 9.17) is 16.9 Å². The van der Waals surface area contributed by atoms with E-state index in [9.17, 15) is 9.59 Å². The van der Waals surface area contributed by atoms with Crippen molar-refractivity contribution in [3.8, 4) is 0 Å². The molecule has 0 bridgehead atoms. The number of likely N-dealkylation sites (N-methyl/N-ethyl adjacent to an activating group) is 1. The van der Waals surface area contributed by atoms with Crippen molar-refractivity contribution in [3.05, 3.63) is 11.8 Å². The number of hydrogen-bond acceptors (Lipinski definition) is 6. The molecule has 0 spiro atoms. The van der Waals surface area contributed by atoms with Gasteiger partial charge >= 0.3 is 0 Å². The van der Waals surface area contributed by atoms with E-state index in [2.05, 4.69) is 10.6 Å². The first-order valence-corrected chi connectivity index (χ1v) is 4.62. The minimum atomic E-state index is -1.54. The number of carbonyl (C=O) groups excluding carboxylic acids is 2. The van der Waals surface area contributed by atoms with Gasteiger partial charge in [-0.2, -0.15) is 0 Å². The molecule has 7 heteroatoms. The van der Waals surface area contributed by atoms with E-state index in [0.29, 0.717) is 0 Å². The summed E-state index contributed by atoms with van der Waals surface area (Å²) in [6.45, 7) is 1.01. The number of carbonyl (C=O) groups is 2. The van der Waals surface area contributed by atoms with Crippen molar-refractivity contribution in [2.24, 2.45) is 11.5 Å². The Balaban J connectivity index is 5.16. The van der Waals surface area contributed by atoms with Gasteiger partial charge in [-0.05, 0) is 6.08 Å². The van der Waals surface area contributed by atoms with Crippen molar-refractivity contribution in [1.29, 1.82) is 5.41 Å². The molecule has 7 N–H and O–H groups in total. The summed E-state index contributed by atoms with van der Waals surface area (Å²) >= 11 is 0. The van der Waals surface area contributed by atoms with Crippen molar-refractivity contribution in [3.63, 3.8) is 0 Å². The van der Waals surface area contributed by atoms with E-state index in [1.54, 1.807) is 7.05 Å². The van der Waals surface area contributed by atoms with Gasteiger partial charge in [0.25, 0.3) is 5.91 Å². The lowest BCUT2D eigenvalue weighted by Gasteiger charge is -2.28. The quantitative estimate of drug-likeness (QED) is 0.348. The summed E-state index contributed by atoms with van der Waals surface area (Å²) < 4.78 is 0. The van der Waals surface area contributed by atoms with Crippen LogP contribution in [0.15, 0.2) is 11.8 Å². The lowest BCUT2D eigenvalue weighted by molar-refractivity contribution is -0.131. The summed E-state index contributed by atoms with van der Waals surface area (Å²) in [5.41, 5.74) is 9.97. The molecule has 2 amide bonds. The van der Waals surface area contributed by atoms with Crippen molar-refractivity contribution in [2.75, 3.05) is 13.6 Å². The molecule has 0 aromatic rings. The standard InChI is InChI=1S/C9H17N5O2/c1-6(15)14-8(16)9(12,5-11)7(13-2)3-4-10/h3-4,10,13H,5,11-12H2,1-2H3,(H,14,15,16)/b7-3-,10-4?. The van der Waals surface area contributed by atoms with Crippen LogP contribution in [0.2, 0.25) is 0 Å². The molecule has 0 saturated carbocycles. The van der Waals surface area contributed by atoms with E-state index in [-0.39, 0.29) is 12.2 Å². The average molecular weight is 227 g/mol. The van der Waals surface area contributed by atoms with Crippen LogP contribution < -0.4 is 22.1 Å². The largest absolute Gasteiger partial charge is 0.389 e. The maximum atomic E-state index is 11.7. The first-order valence-electron chi connectivity index (χ1n) is 4.62. The summed E-state index contributed by atoms with van der Waals surface area (Å²) in [4.78, 5) is 22.5. The van der Waals surface area contributed by atoms with Gasteiger partial charge in [0.1, 0.15) is 5.54 Å². The molecule has 0 aromatic heterocycles. The van der Waals surface area contributed by atoms with Crippen molar-refractivity contribution >= 4 is 18.0 Å². The lowest BCUT2D eigenvalue weighted by atomic mass is 9.94. The predicted molar refractivity (Wildman–Crippen MR) is 60.7 cm³/mol. The van der Waals surface area contributed by atoms with E-state index < -0.39 is 17.4 Å². The zero-order chi connectivity index (χ0) is 12.8. The topological polar surface area (TPSA) is 134 Å². The van der Waals surface area contributed by atoms with Gasteiger partial charge in [0.15, 0.2) is 0 Å². The minimum absolute atomic E-state index is 0.188. The SMILES string of the molecule is CN/C(=C\C=N)C(N)(CN)C(=O)NC(C)=O. The van der Waals surface area contributed by atoms with E-state index in [1.165, 1.54) is 13.0 Å². The van der Waals surface area contributed by atoms with Gasteiger partial charge in [0.2, 0.25) is 5.91 Å². The number of allylic oxidation sites excluding steroid dienone is 1. The molecule has 0 radical (unpaired) electrons. The van der Waals surface area contributed by atoms with Crippen molar-refractivity contribution in [1.82, 2.24) is 10.6 Å². The van der Waals surface area contributed by atoms with Gasteiger partial charge in [-0.1, -0.05) is 0 Å². The van der Waals surface area contributed by atoms with Crippen LogP contribution in [-0.2, 0) is 9.59 Å². The summed E-state index contributed by atoms with van der Waals surface area (Å²) in [5.74, 6) is -1.22. The smallest absolute Gasteiger partial charge is 0.254 e. The zero-order valence-corrected chi connectivity index (χ0v) is 9.33. The molecule has 0 aliphatic heterocycles. The van der Waals surface area contributed by atoms with Crippen LogP contribution in [0.4, 0.5) is 0 Å². The third-order valence-corrected chi connectivity index (χ3v) is 2.02. The number of imide groups is 1. The third kappa shape index (κ3) is 3.14. The number of nitrogens with one attached hydrogen (secondary N) is 3.